The molecule has 0 aromatic carbocycles. The molecule has 8 heteroatoms. The third kappa shape index (κ3) is 3.58. The molecule has 0 spiro atoms. The van der Waals surface area contributed by atoms with Gasteiger partial charge in [0.1, 0.15) is 18.3 Å². The van der Waals surface area contributed by atoms with E-state index in [0.717, 1.165) is 32.5 Å². The lowest BCUT2D eigenvalue weighted by Gasteiger charge is -2.31. The van der Waals surface area contributed by atoms with Crippen molar-refractivity contribution < 1.29 is 9.59 Å². The monoisotopic (exact) mass is 328 g/mol. The van der Waals surface area contributed by atoms with Crippen molar-refractivity contribution >= 4 is 11.8 Å². The number of hydrogen-bond acceptors (Lipinski definition) is 5. The minimum absolute atomic E-state index is 0.0369. The summed E-state index contributed by atoms with van der Waals surface area (Å²) in [5.74, 6) is 0.206. The highest BCUT2D eigenvalue weighted by Gasteiger charge is 2.24. The van der Waals surface area contributed by atoms with Crippen LogP contribution in [0.3, 0.4) is 0 Å². The SMILES string of the molecule is CNC(=O)c1ccc(C(=O)N2CCC(Cn3cncn3)CC2)cn1. The Morgan fingerprint density at radius 3 is 2.67 bits per heavy atom. The van der Waals surface area contributed by atoms with E-state index in [-0.39, 0.29) is 11.8 Å². The molecule has 0 bridgehead atoms. The molecule has 1 aliphatic heterocycles. The number of carbonyl (C=O) groups excluding carboxylic acids is 2. The Morgan fingerprint density at radius 2 is 2.08 bits per heavy atom. The number of likely N-dealkylation sites (tertiary alicyclic amines) is 1. The van der Waals surface area contributed by atoms with Crippen molar-refractivity contribution in [3.8, 4) is 0 Å². The van der Waals surface area contributed by atoms with Crippen molar-refractivity contribution in [1.29, 1.82) is 0 Å². The number of pyridine rings is 1. The number of hydrogen-bond donors (Lipinski definition) is 1. The lowest BCUT2D eigenvalue weighted by atomic mass is 9.96. The number of nitrogens with one attached hydrogen (secondary N) is 1. The lowest BCUT2D eigenvalue weighted by molar-refractivity contribution is 0.0680. The molecule has 0 radical (unpaired) electrons. The van der Waals surface area contributed by atoms with Gasteiger partial charge in [0.25, 0.3) is 11.8 Å². The Labute approximate surface area is 139 Å². The van der Waals surface area contributed by atoms with Crippen LogP contribution < -0.4 is 5.32 Å². The standard InChI is InChI=1S/C16H20N6O2/c1-17-15(23)14-3-2-13(8-19-14)16(24)21-6-4-12(5-7-21)9-22-11-18-10-20-22/h2-3,8,10-12H,4-7,9H2,1H3,(H,17,23). The first-order chi connectivity index (χ1) is 11.7. The summed E-state index contributed by atoms with van der Waals surface area (Å²) in [4.78, 5) is 33.9. The number of amides is 2. The lowest BCUT2D eigenvalue weighted by Crippen LogP contribution is -2.39. The van der Waals surface area contributed by atoms with Gasteiger partial charge in [0.2, 0.25) is 0 Å². The van der Waals surface area contributed by atoms with Gasteiger partial charge in [-0.1, -0.05) is 0 Å². The number of piperidine rings is 1. The van der Waals surface area contributed by atoms with E-state index in [4.69, 9.17) is 0 Å². The minimum Gasteiger partial charge on any atom is -0.354 e. The molecule has 8 nitrogen and oxygen atoms in total. The predicted octanol–water partition coefficient (Wildman–Crippen LogP) is 0.585. The first-order valence-electron chi connectivity index (χ1n) is 7.97. The second kappa shape index (κ2) is 7.20. The van der Waals surface area contributed by atoms with E-state index < -0.39 is 0 Å². The van der Waals surface area contributed by atoms with Gasteiger partial charge in [0, 0.05) is 32.9 Å². The summed E-state index contributed by atoms with van der Waals surface area (Å²) in [7, 11) is 1.55. The molecule has 0 aliphatic carbocycles. The van der Waals surface area contributed by atoms with Crippen molar-refractivity contribution in [3.63, 3.8) is 0 Å². The second-order valence-electron chi connectivity index (χ2n) is 5.86. The van der Waals surface area contributed by atoms with Crippen molar-refractivity contribution in [2.45, 2.75) is 19.4 Å². The van der Waals surface area contributed by atoms with Crippen LogP contribution in [0.15, 0.2) is 31.0 Å². The molecule has 126 valence electrons. The quantitative estimate of drug-likeness (QED) is 0.886. The van der Waals surface area contributed by atoms with Gasteiger partial charge < -0.3 is 10.2 Å². The van der Waals surface area contributed by atoms with Crippen LogP contribution in [0.5, 0.6) is 0 Å². The fraction of sp³-hybridized carbons (Fsp3) is 0.438. The molecule has 0 atom stereocenters. The molecule has 1 aliphatic rings. The normalized spacial score (nSPS) is 15.3. The van der Waals surface area contributed by atoms with Gasteiger partial charge in [0.05, 0.1) is 5.56 Å². The molecule has 1 N–H and O–H groups in total. The summed E-state index contributed by atoms with van der Waals surface area (Å²) in [5.41, 5.74) is 0.818. The van der Waals surface area contributed by atoms with Crippen LogP contribution in [-0.2, 0) is 6.54 Å². The highest BCUT2D eigenvalue weighted by Crippen LogP contribution is 2.20. The van der Waals surface area contributed by atoms with Gasteiger partial charge >= 0.3 is 0 Å². The fourth-order valence-electron chi connectivity index (χ4n) is 2.88. The van der Waals surface area contributed by atoms with Crippen molar-refractivity contribution in [2.75, 3.05) is 20.1 Å². The molecule has 2 aromatic heterocycles. The summed E-state index contributed by atoms with van der Waals surface area (Å²) in [6.07, 6.45) is 6.60. The zero-order chi connectivity index (χ0) is 16.9. The minimum atomic E-state index is -0.261. The maximum Gasteiger partial charge on any atom is 0.269 e. The number of nitrogens with zero attached hydrogens (tertiary/aromatic N) is 5. The largest absolute Gasteiger partial charge is 0.354 e. The van der Waals surface area contributed by atoms with Gasteiger partial charge in [-0.2, -0.15) is 5.10 Å². The van der Waals surface area contributed by atoms with Crippen LogP contribution >= 0.6 is 0 Å². The van der Waals surface area contributed by atoms with E-state index in [1.165, 1.54) is 12.5 Å². The molecular formula is C16H20N6O2. The molecule has 1 saturated heterocycles. The summed E-state index contributed by atoms with van der Waals surface area (Å²) in [6.45, 7) is 2.27. The zero-order valence-electron chi connectivity index (χ0n) is 13.6. The van der Waals surface area contributed by atoms with E-state index in [0.29, 0.717) is 17.2 Å². The summed E-state index contributed by atoms with van der Waals surface area (Å²) < 4.78 is 1.84. The Hall–Kier alpha value is -2.77. The molecule has 2 aromatic rings. The molecule has 0 unspecified atom stereocenters. The van der Waals surface area contributed by atoms with E-state index >= 15 is 0 Å². The first-order valence-corrected chi connectivity index (χ1v) is 7.97. The summed E-state index contributed by atoms with van der Waals surface area (Å²) in [5, 5.41) is 6.63. The average Bonchev–Trinajstić information content (AvgIpc) is 3.14. The molecule has 24 heavy (non-hydrogen) atoms. The van der Waals surface area contributed by atoms with Crippen molar-refractivity contribution in [1.82, 2.24) is 30.0 Å². The van der Waals surface area contributed by atoms with Gasteiger partial charge in [-0.05, 0) is 30.9 Å². The maximum atomic E-state index is 12.5. The number of carbonyl (C=O) groups is 2. The fourth-order valence-corrected chi connectivity index (χ4v) is 2.88. The summed E-state index contributed by atoms with van der Waals surface area (Å²) >= 11 is 0. The zero-order valence-corrected chi connectivity index (χ0v) is 13.6. The van der Waals surface area contributed by atoms with Crippen LogP contribution in [0.4, 0.5) is 0 Å². The number of aromatic nitrogens is 4. The van der Waals surface area contributed by atoms with Crippen LogP contribution in [0.1, 0.15) is 33.7 Å². The van der Waals surface area contributed by atoms with E-state index in [1.54, 1.807) is 25.5 Å². The third-order valence-corrected chi connectivity index (χ3v) is 4.28. The highest BCUT2D eigenvalue weighted by atomic mass is 16.2. The first kappa shape index (κ1) is 16.1. The van der Waals surface area contributed by atoms with Gasteiger partial charge in [-0.15, -0.1) is 0 Å². The molecular weight excluding hydrogens is 308 g/mol. The predicted molar refractivity (Wildman–Crippen MR) is 86.3 cm³/mol. The molecule has 2 amide bonds. The van der Waals surface area contributed by atoms with Gasteiger partial charge in [0.15, 0.2) is 0 Å². The molecule has 0 saturated carbocycles. The smallest absolute Gasteiger partial charge is 0.269 e. The topological polar surface area (TPSA) is 93.0 Å². The van der Waals surface area contributed by atoms with Crippen LogP contribution in [0.2, 0.25) is 0 Å². The number of rotatable bonds is 4. The second-order valence-corrected chi connectivity index (χ2v) is 5.86. The summed E-state index contributed by atoms with van der Waals surface area (Å²) in [6, 6.07) is 3.23. The van der Waals surface area contributed by atoms with Crippen molar-refractivity contribution in [3.05, 3.63) is 42.2 Å². The van der Waals surface area contributed by atoms with E-state index in [2.05, 4.69) is 20.4 Å². The Morgan fingerprint density at radius 1 is 1.29 bits per heavy atom. The Balaban J connectivity index is 1.55. The average molecular weight is 328 g/mol. The Kier molecular flexibility index (Phi) is 4.83. The van der Waals surface area contributed by atoms with Gasteiger partial charge in [-0.3, -0.25) is 19.3 Å². The maximum absolute atomic E-state index is 12.5. The molecule has 3 heterocycles. The van der Waals surface area contributed by atoms with Crippen LogP contribution in [0, 0.1) is 5.92 Å². The van der Waals surface area contributed by atoms with E-state index in [9.17, 15) is 9.59 Å². The third-order valence-electron chi connectivity index (χ3n) is 4.28. The van der Waals surface area contributed by atoms with Crippen LogP contribution in [-0.4, -0.2) is 56.6 Å². The molecule has 3 rings (SSSR count). The van der Waals surface area contributed by atoms with Crippen LogP contribution in [0.25, 0.3) is 0 Å². The highest BCUT2D eigenvalue weighted by molar-refractivity contribution is 5.96. The Bertz CT molecular complexity index is 690. The van der Waals surface area contributed by atoms with Gasteiger partial charge in [-0.25, -0.2) is 4.98 Å². The van der Waals surface area contributed by atoms with E-state index in [1.807, 2.05) is 9.58 Å². The van der Waals surface area contributed by atoms with Crippen molar-refractivity contribution in [2.24, 2.45) is 5.92 Å². The molecule has 1 fully saturated rings.